The Hall–Kier alpha value is -2.54. The summed E-state index contributed by atoms with van der Waals surface area (Å²) in [6, 6.07) is 12.9. The Morgan fingerprint density at radius 2 is 1.72 bits per heavy atom. The van der Waals surface area contributed by atoms with Crippen LogP contribution in [-0.2, 0) is 20.9 Å². The van der Waals surface area contributed by atoms with E-state index in [-0.39, 0.29) is 34.4 Å². The van der Waals surface area contributed by atoms with E-state index in [2.05, 4.69) is 37.2 Å². The van der Waals surface area contributed by atoms with Gasteiger partial charge in [0, 0.05) is 21.3 Å². The lowest BCUT2D eigenvalue weighted by atomic mass is 10.2. The molecular formula is C29H21Br2Cl3N2O6S. The summed E-state index contributed by atoms with van der Waals surface area (Å²) in [4.78, 5) is 51.6. The molecule has 0 aromatic heterocycles. The molecule has 1 saturated heterocycles. The molecule has 0 unspecified atom stereocenters. The number of anilines is 1. The lowest BCUT2D eigenvalue weighted by Crippen LogP contribution is -2.36. The van der Waals surface area contributed by atoms with Crippen LogP contribution in [0.1, 0.15) is 34.8 Å². The largest absolute Gasteiger partial charge is 0.486 e. The van der Waals surface area contributed by atoms with Crippen LogP contribution in [0.15, 0.2) is 62.4 Å². The number of imide groups is 1. The normalized spacial score (nSPS) is 13.9. The highest BCUT2D eigenvalue weighted by Gasteiger charge is 2.36. The van der Waals surface area contributed by atoms with E-state index in [1.165, 1.54) is 18.2 Å². The van der Waals surface area contributed by atoms with Crippen LogP contribution in [0, 0.1) is 0 Å². The van der Waals surface area contributed by atoms with Crippen molar-refractivity contribution in [3.8, 4) is 5.75 Å². The number of amides is 3. The highest BCUT2D eigenvalue weighted by molar-refractivity contribution is 9.11. The van der Waals surface area contributed by atoms with Crippen molar-refractivity contribution < 1.29 is 28.7 Å². The average molecular weight is 792 g/mol. The molecule has 3 aromatic carbocycles. The van der Waals surface area contributed by atoms with Crippen LogP contribution < -0.4 is 10.1 Å². The van der Waals surface area contributed by atoms with Gasteiger partial charge in [-0.25, -0.2) is 4.79 Å². The number of benzene rings is 3. The van der Waals surface area contributed by atoms with Crippen LogP contribution >= 0.6 is 78.4 Å². The number of nitrogens with zero attached hydrogens (tertiary/aromatic N) is 1. The standard InChI is InChI=1S/C29H21Br2Cl3N2O6S/c1-2-7-41-28(39)19-12-18(5-6-22(19)33)35-25(37)13-36-27(38)24(43-29(36)40)10-15-8-20(30)26(21(31)9-15)42-14-16-3-4-17(32)11-23(16)34/h3-6,8-12H,2,7,13-14H2,1H3,(H,35,37)/b24-10+. The number of thioether (sulfide) groups is 1. The average Bonchev–Trinajstić information content (AvgIpc) is 3.20. The first-order valence-corrected chi connectivity index (χ1v) is 16.1. The molecule has 4 rings (SSSR count). The molecule has 0 aliphatic carbocycles. The summed E-state index contributed by atoms with van der Waals surface area (Å²) >= 11 is 26.0. The van der Waals surface area contributed by atoms with Crippen LogP contribution in [0.2, 0.25) is 15.1 Å². The summed E-state index contributed by atoms with van der Waals surface area (Å²) in [5.41, 5.74) is 1.70. The fourth-order valence-corrected chi connectivity index (χ4v) is 6.70. The quantitative estimate of drug-likeness (QED) is 0.162. The summed E-state index contributed by atoms with van der Waals surface area (Å²) in [6.07, 6.45) is 2.19. The lowest BCUT2D eigenvalue weighted by Gasteiger charge is -2.13. The number of ether oxygens (including phenoxy) is 2. The molecule has 0 saturated carbocycles. The second-order valence-corrected chi connectivity index (χ2v) is 12.9. The fraction of sp³-hybridized carbons (Fsp3) is 0.172. The lowest BCUT2D eigenvalue weighted by molar-refractivity contribution is -0.127. The number of carbonyl (C=O) groups excluding carboxylic acids is 4. The molecule has 1 aliphatic rings. The van der Waals surface area contributed by atoms with Gasteiger partial charge in [-0.2, -0.15) is 0 Å². The van der Waals surface area contributed by atoms with Crippen LogP contribution in [0.4, 0.5) is 10.5 Å². The topological polar surface area (TPSA) is 102 Å². The first kappa shape index (κ1) is 33.4. The Bertz CT molecular complexity index is 1630. The monoisotopic (exact) mass is 788 g/mol. The fourth-order valence-electron chi connectivity index (χ4n) is 3.75. The molecule has 14 heteroatoms. The van der Waals surface area contributed by atoms with Crippen molar-refractivity contribution in [2.75, 3.05) is 18.5 Å². The predicted octanol–water partition coefficient (Wildman–Crippen LogP) is 8.99. The van der Waals surface area contributed by atoms with Gasteiger partial charge in [-0.1, -0.05) is 47.8 Å². The third-order valence-corrected chi connectivity index (χ3v) is 8.79. The Morgan fingerprint density at radius 1 is 1.00 bits per heavy atom. The van der Waals surface area contributed by atoms with Crippen LogP contribution in [0.3, 0.4) is 0 Å². The minimum Gasteiger partial charge on any atom is -0.486 e. The third kappa shape index (κ3) is 8.55. The Labute approximate surface area is 283 Å². The van der Waals surface area contributed by atoms with Crippen molar-refractivity contribution in [1.82, 2.24) is 4.90 Å². The molecule has 43 heavy (non-hydrogen) atoms. The summed E-state index contributed by atoms with van der Waals surface area (Å²) in [6.45, 7) is 1.75. The molecule has 1 fully saturated rings. The van der Waals surface area contributed by atoms with E-state index in [1.54, 1.807) is 36.4 Å². The minimum atomic E-state index is -0.633. The number of hydrogen-bond donors (Lipinski definition) is 1. The Morgan fingerprint density at radius 3 is 2.40 bits per heavy atom. The van der Waals surface area contributed by atoms with Crippen molar-refractivity contribution in [3.63, 3.8) is 0 Å². The van der Waals surface area contributed by atoms with Gasteiger partial charge in [-0.3, -0.25) is 19.3 Å². The molecule has 0 atom stereocenters. The minimum absolute atomic E-state index is 0.0875. The number of carbonyl (C=O) groups is 4. The van der Waals surface area contributed by atoms with Gasteiger partial charge in [-0.05, 0) is 104 Å². The van der Waals surface area contributed by atoms with Gasteiger partial charge >= 0.3 is 5.97 Å². The number of halogens is 5. The highest BCUT2D eigenvalue weighted by Crippen LogP contribution is 2.38. The van der Waals surface area contributed by atoms with E-state index in [1.807, 2.05) is 6.92 Å². The van der Waals surface area contributed by atoms with Crippen molar-refractivity contribution in [2.24, 2.45) is 0 Å². The molecule has 0 spiro atoms. The van der Waals surface area contributed by atoms with E-state index < -0.39 is 29.6 Å². The molecule has 1 N–H and O–H groups in total. The van der Waals surface area contributed by atoms with Gasteiger partial charge in [-0.15, -0.1) is 0 Å². The van der Waals surface area contributed by atoms with Crippen molar-refractivity contribution >= 4 is 113 Å². The molecule has 8 nitrogen and oxygen atoms in total. The first-order valence-electron chi connectivity index (χ1n) is 12.5. The van der Waals surface area contributed by atoms with Crippen LogP contribution in [0.5, 0.6) is 5.75 Å². The molecule has 0 radical (unpaired) electrons. The van der Waals surface area contributed by atoms with Crippen LogP contribution in [0.25, 0.3) is 6.08 Å². The summed E-state index contributed by atoms with van der Waals surface area (Å²) < 4.78 is 12.2. The van der Waals surface area contributed by atoms with E-state index in [0.29, 0.717) is 36.7 Å². The molecular weight excluding hydrogens is 771 g/mol. The number of esters is 1. The summed E-state index contributed by atoms with van der Waals surface area (Å²) in [7, 11) is 0. The van der Waals surface area contributed by atoms with Crippen molar-refractivity contribution in [2.45, 2.75) is 20.0 Å². The first-order chi connectivity index (χ1) is 20.5. The maximum atomic E-state index is 13.0. The smallest absolute Gasteiger partial charge is 0.339 e. The summed E-state index contributed by atoms with van der Waals surface area (Å²) in [5.74, 6) is -1.36. The van der Waals surface area contributed by atoms with E-state index >= 15 is 0 Å². The van der Waals surface area contributed by atoms with Gasteiger partial charge in [0.05, 0.1) is 31.0 Å². The zero-order chi connectivity index (χ0) is 31.3. The number of nitrogens with one attached hydrogen (secondary N) is 1. The van der Waals surface area contributed by atoms with Gasteiger partial charge < -0.3 is 14.8 Å². The van der Waals surface area contributed by atoms with Crippen molar-refractivity contribution in [3.05, 3.63) is 94.1 Å². The van der Waals surface area contributed by atoms with Crippen LogP contribution in [-0.4, -0.2) is 41.1 Å². The molecule has 1 heterocycles. The maximum absolute atomic E-state index is 13.0. The zero-order valence-corrected chi connectivity index (χ0v) is 28.5. The van der Waals surface area contributed by atoms with Crippen molar-refractivity contribution in [1.29, 1.82) is 0 Å². The van der Waals surface area contributed by atoms with E-state index in [9.17, 15) is 19.2 Å². The number of rotatable bonds is 10. The maximum Gasteiger partial charge on any atom is 0.339 e. The zero-order valence-electron chi connectivity index (χ0n) is 22.2. The molecule has 1 aliphatic heterocycles. The van der Waals surface area contributed by atoms with Gasteiger partial charge in [0.1, 0.15) is 18.9 Å². The number of hydrogen-bond acceptors (Lipinski definition) is 7. The summed E-state index contributed by atoms with van der Waals surface area (Å²) in [5, 5.41) is 3.15. The molecule has 0 bridgehead atoms. The van der Waals surface area contributed by atoms with Gasteiger partial charge in [0.15, 0.2) is 0 Å². The highest BCUT2D eigenvalue weighted by atomic mass is 79.9. The van der Waals surface area contributed by atoms with Gasteiger partial charge in [0.25, 0.3) is 11.1 Å². The van der Waals surface area contributed by atoms with E-state index in [4.69, 9.17) is 44.3 Å². The SMILES string of the molecule is CCCOC(=O)c1cc(NC(=O)CN2C(=O)S/C(=C/c3cc(Br)c(OCc4ccc(Cl)cc4Cl)c(Br)c3)C2=O)ccc1Cl. The molecule has 3 amide bonds. The predicted molar refractivity (Wildman–Crippen MR) is 176 cm³/mol. The molecule has 224 valence electrons. The molecule has 3 aromatic rings. The third-order valence-electron chi connectivity index (χ3n) is 5.79. The second kappa shape index (κ2) is 15.0. The second-order valence-electron chi connectivity index (χ2n) is 8.98. The Kier molecular flexibility index (Phi) is 11.6. The van der Waals surface area contributed by atoms with E-state index in [0.717, 1.165) is 22.2 Å². The van der Waals surface area contributed by atoms with Gasteiger partial charge in [0.2, 0.25) is 5.91 Å². The Balaban J connectivity index is 1.42.